The Balaban J connectivity index is 2.27. The number of aryl methyl sites for hydroxylation is 1. The third-order valence-corrected chi connectivity index (χ3v) is 3.94. The van der Waals surface area contributed by atoms with Crippen LogP contribution in [0.5, 0.6) is 0 Å². The van der Waals surface area contributed by atoms with Crippen LogP contribution in [0.4, 0.5) is 0 Å². The van der Waals surface area contributed by atoms with Crippen molar-refractivity contribution in [1.82, 2.24) is 0 Å². The second-order valence-electron chi connectivity index (χ2n) is 4.70. The molecule has 19 heavy (non-hydrogen) atoms. The molecule has 0 fully saturated rings. The Morgan fingerprint density at radius 1 is 1.05 bits per heavy atom. The Labute approximate surface area is 123 Å². The first-order chi connectivity index (χ1) is 9.11. The van der Waals surface area contributed by atoms with Gasteiger partial charge in [0.05, 0.1) is 6.61 Å². The van der Waals surface area contributed by atoms with Crippen LogP contribution >= 0.6 is 23.2 Å². The van der Waals surface area contributed by atoms with Gasteiger partial charge in [0.15, 0.2) is 0 Å². The molecule has 0 bridgehead atoms. The summed E-state index contributed by atoms with van der Waals surface area (Å²) >= 11 is 12.4. The van der Waals surface area contributed by atoms with E-state index in [0.717, 1.165) is 21.7 Å². The van der Waals surface area contributed by atoms with Gasteiger partial charge >= 0.3 is 0 Å². The Kier molecular flexibility index (Phi) is 4.87. The number of hydrogen-bond donors (Lipinski definition) is 1. The quantitative estimate of drug-likeness (QED) is 0.872. The van der Waals surface area contributed by atoms with Crippen LogP contribution in [0.3, 0.4) is 0 Å². The van der Waals surface area contributed by atoms with Crippen molar-refractivity contribution in [3.8, 4) is 0 Å². The number of rotatable bonds is 4. The fourth-order valence-corrected chi connectivity index (χ4v) is 2.76. The fourth-order valence-electron chi connectivity index (χ4n) is 2.16. The minimum absolute atomic E-state index is 0.0334. The van der Waals surface area contributed by atoms with Crippen LogP contribution in [0.25, 0.3) is 0 Å². The fraction of sp³-hybridized carbons (Fsp3) is 0.250. The first-order valence-electron chi connectivity index (χ1n) is 6.22. The molecule has 0 spiro atoms. The number of benzene rings is 2. The molecule has 1 N–H and O–H groups in total. The summed E-state index contributed by atoms with van der Waals surface area (Å²) in [5, 5.41) is 11.0. The molecule has 0 amide bonds. The van der Waals surface area contributed by atoms with E-state index in [2.05, 4.69) is 0 Å². The van der Waals surface area contributed by atoms with Crippen LogP contribution in [0.2, 0.25) is 10.0 Å². The van der Waals surface area contributed by atoms with Crippen LogP contribution < -0.4 is 0 Å². The third kappa shape index (κ3) is 3.50. The highest BCUT2D eigenvalue weighted by Crippen LogP contribution is 2.29. The minimum atomic E-state index is -0.0334. The molecule has 0 saturated carbocycles. The normalized spacial score (nSPS) is 12.4. The monoisotopic (exact) mass is 294 g/mol. The van der Waals surface area contributed by atoms with E-state index < -0.39 is 0 Å². The molecule has 2 aromatic rings. The van der Waals surface area contributed by atoms with Crippen molar-refractivity contribution >= 4 is 23.2 Å². The molecule has 0 aliphatic heterocycles. The lowest BCUT2D eigenvalue weighted by Gasteiger charge is -2.17. The van der Waals surface area contributed by atoms with Gasteiger partial charge in [-0.05, 0) is 42.2 Å². The molecule has 0 heterocycles. The second kappa shape index (κ2) is 6.42. The Morgan fingerprint density at radius 2 is 1.79 bits per heavy atom. The van der Waals surface area contributed by atoms with E-state index in [4.69, 9.17) is 23.2 Å². The van der Waals surface area contributed by atoms with E-state index in [1.807, 2.05) is 49.4 Å². The Morgan fingerprint density at radius 3 is 2.42 bits per heavy atom. The molecule has 0 saturated heterocycles. The molecule has 2 aromatic carbocycles. The molecule has 0 radical (unpaired) electrons. The largest absolute Gasteiger partial charge is 0.396 e. The maximum absolute atomic E-state index is 9.61. The highest BCUT2D eigenvalue weighted by atomic mass is 35.5. The summed E-state index contributed by atoms with van der Waals surface area (Å²) < 4.78 is 0. The van der Waals surface area contributed by atoms with Crippen molar-refractivity contribution in [2.45, 2.75) is 19.3 Å². The van der Waals surface area contributed by atoms with Crippen LogP contribution in [-0.2, 0) is 6.42 Å². The smallest absolute Gasteiger partial charge is 0.0503 e. The van der Waals surface area contributed by atoms with Crippen molar-refractivity contribution in [2.75, 3.05) is 6.61 Å². The highest BCUT2D eigenvalue weighted by Gasteiger charge is 2.15. The maximum Gasteiger partial charge on any atom is 0.0503 e. The van der Waals surface area contributed by atoms with Gasteiger partial charge < -0.3 is 5.11 Å². The molecule has 0 aliphatic rings. The van der Waals surface area contributed by atoms with Crippen molar-refractivity contribution in [3.05, 3.63) is 69.2 Å². The van der Waals surface area contributed by atoms with Gasteiger partial charge in [-0.1, -0.05) is 53.5 Å². The molecule has 0 aromatic heterocycles. The standard InChI is InChI=1S/C16H16Cl2O/c1-11-6-7-12(16(18)8-11)9-13(10-19)14-4-2-3-5-15(14)17/h2-8,13,19H,9-10H2,1H3. The second-order valence-corrected chi connectivity index (χ2v) is 5.51. The van der Waals surface area contributed by atoms with E-state index in [0.29, 0.717) is 11.4 Å². The van der Waals surface area contributed by atoms with Gasteiger partial charge in [-0.2, -0.15) is 0 Å². The molecule has 1 unspecified atom stereocenters. The number of hydrogen-bond acceptors (Lipinski definition) is 1. The van der Waals surface area contributed by atoms with Crippen molar-refractivity contribution in [2.24, 2.45) is 0 Å². The summed E-state index contributed by atoms with van der Waals surface area (Å²) in [5.41, 5.74) is 3.13. The van der Waals surface area contributed by atoms with Gasteiger partial charge in [-0.25, -0.2) is 0 Å². The molecule has 0 aliphatic carbocycles. The number of halogens is 2. The maximum atomic E-state index is 9.61. The SMILES string of the molecule is Cc1ccc(CC(CO)c2ccccc2Cl)c(Cl)c1. The van der Waals surface area contributed by atoms with E-state index in [1.165, 1.54) is 0 Å². The highest BCUT2D eigenvalue weighted by molar-refractivity contribution is 6.31. The first-order valence-corrected chi connectivity index (χ1v) is 6.97. The summed E-state index contributed by atoms with van der Waals surface area (Å²) in [6.07, 6.45) is 0.680. The van der Waals surface area contributed by atoms with Gasteiger partial charge in [0.2, 0.25) is 0 Å². The first kappa shape index (κ1) is 14.4. The lowest BCUT2D eigenvalue weighted by molar-refractivity contribution is 0.264. The van der Waals surface area contributed by atoms with E-state index >= 15 is 0 Å². The topological polar surface area (TPSA) is 20.2 Å². The van der Waals surface area contributed by atoms with E-state index in [-0.39, 0.29) is 12.5 Å². The van der Waals surface area contributed by atoms with Gasteiger partial charge in [-0.15, -0.1) is 0 Å². The molecular formula is C16H16Cl2O. The van der Waals surface area contributed by atoms with Crippen LogP contribution in [-0.4, -0.2) is 11.7 Å². The van der Waals surface area contributed by atoms with Crippen LogP contribution in [0.15, 0.2) is 42.5 Å². The van der Waals surface area contributed by atoms with Gasteiger partial charge in [-0.3, -0.25) is 0 Å². The van der Waals surface area contributed by atoms with Crippen LogP contribution in [0.1, 0.15) is 22.6 Å². The average molecular weight is 295 g/mol. The molecular weight excluding hydrogens is 279 g/mol. The lowest BCUT2D eigenvalue weighted by atomic mass is 9.92. The zero-order chi connectivity index (χ0) is 13.8. The van der Waals surface area contributed by atoms with Crippen molar-refractivity contribution < 1.29 is 5.11 Å². The number of aliphatic hydroxyl groups is 1. The summed E-state index contributed by atoms with van der Waals surface area (Å²) in [6, 6.07) is 13.6. The molecule has 1 nitrogen and oxygen atoms in total. The molecule has 2 rings (SSSR count). The van der Waals surface area contributed by atoms with Crippen LogP contribution in [0, 0.1) is 6.92 Å². The van der Waals surface area contributed by atoms with Crippen molar-refractivity contribution in [1.29, 1.82) is 0 Å². The Bertz CT molecular complexity index is 566. The van der Waals surface area contributed by atoms with E-state index in [9.17, 15) is 5.11 Å². The lowest BCUT2D eigenvalue weighted by Crippen LogP contribution is -2.08. The van der Waals surface area contributed by atoms with Gasteiger partial charge in [0, 0.05) is 16.0 Å². The zero-order valence-corrected chi connectivity index (χ0v) is 12.2. The summed E-state index contributed by atoms with van der Waals surface area (Å²) in [5.74, 6) is -0.0334. The Hall–Kier alpha value is -1.02. The average Bonchev–Trinajstić information content (AvgIpc) is 2.39. The zero-order valence-electron chi connectivity index (χ0n) is 10.7. The third-order valence-electron chi connectivity index (χ3n) is 3.24. The van der Waals surface area contributed by atoms with Gasteiger partial charge in [0.1, 0.15) is 0 Å². The number of aliphatic hydroxyl groups excluding tert-OH is 1. The van der Waals surface area contributed by atoms with Gasteiger partial charge in [0.25, 0.3) is 0 Å². The summed E-state index contributed by atoms with van der Waals surface area (Å²) in [4.78, 5) is 0. The minimum Gasteiger partial charge on any atom is -0.396 e. The molecule has 100 valence electrons. The van der Waals surface area contributed by atoms with Crippen molar-refractivity contribution in [3.63, 3.8) is 0 Å². The predicted molar refractivity (Wildman–Crippen MR) is 81.2 cm³/mol. The molecule has 3 heteroatoms. The molecule has 1 atom stereocenters. The van der Waals surface area contributed by atoms with E-state index in [1.54, 1.807) is 0 Å². The summed E-state index contributed by atoms with van der Waals surface area (Å²) in [6.45, 7) is 2.06. The summed E-state index contributed by atoms with van der Waals surface area (Å²) in [7, 11) is 0. The predicted octanol–water partition coefficient (Wildman–Crippen LogP) is 4.62.